The smallest absolute Gasteiger partial charge is 0.410 e. The van der Waals surface area contributed by atoms with Gasteiger partial charge in [-0.1, -0.05) is 23.2 Å². The van der Waals surface area contributed by atoms with Crippen LogP contribution >= 0.6 is 34.5 Å². The molecule has 0 radical (unpaired) electrons. The molecule has 0 N–H and O–H groups in total. The van der Waals surface area contributed by atoms with Crippen molar-refractivity contribution in [3.05, 3.63) is 19.8 Å². The van der Waals surface area contributed by atoms with Crippen LogP contribution in [-0.2, 0) is 17.6 Å². The molecule has 0 aromatic carbocycles. The molecular formula is C14H19Cl2NO2S. The van der Waals surface area contributed by atoms with Crippen LogP contribution in [0.15, 0.2) is 0 Å². The fraction of sp³-hybridized carbons (Fsp3) is 0.643. The number of hydrogen-bond donors (Lipinski definition) is 0. The van der Waals surface area contributed by atoms with Gasteiger partial charge in [0.1, 0.15) is 5.60 Å². The van der Waals surface area contributed by atoms with E-state index in [1.54, 1.807) is 11.9 Å². The van der Waals surface area contributed by atoms with E-state index < -0.39 is 5.60 Å². The van der Waals surface area contributed by atoms with Crippen molar-refractivity contribution in [3.63, 3.8) is 0 Å². The molecule has 0 aliphatic heterocycles. The number of carbonyl (C=O) groups is 1. The molecule has 1 aliphatic rings. The first-order valence-corrected chi connectivity index (χ1v) is 8.17. The van der Waals surface area contributed by atoms with Gasteiger partial charge in [-0.2, -0.15) is 0 Å². The largest absolute Gasteiger partial charge is 0.444 e. The Bertz CT molecular complexity index is 522. The van der Waals surface area contributed by atoms with Crippen LogP contribution in [0.3, 0.4) is 0 Å². The molecule has 1 aromatic heterocycles. The normalized spacial score (nSPS) is 18.6. The van der Waals surface area contributed by atoms with Crippen molar-refractivity contribution in [1.82, 2.24) is 4.90 Å². The highest BCUT2D eigenvalue weighted by Gasteiger charge is 2.31. The lowest BCUT2D eigenvalue weighted by Gasteiger charge is -2.33. The summed E-state index contributed by atoms with van der Waals surface area (Å²) in [6, 6.07) is 0.112. The molecule has 112 valence electrons. The SMILES string of the molecule is CN(C(=O)OC(C)(C)C)C1CCc2c(Cl)sc(Cl)c2C1. The fourth-order valence-electron chi connectivity index (χ4n) is 2.35. The highest BCUT2D eigenvalue weighted by molar-refractivity contribution is 7.20. The first-order chi connectivity index (χ1) is 9.19. The summed E-state index contributed by atoms with van der Waals surface area (Å²) in [7, 11) is 1.78. The number of likely N-dealkylation sites (N-methyl/N-ethyl adjacent to an activating group) is 1. The molecule has 2 rings (SSSR count). The molecule has 0 saturated heterocycles. The van der Waals surface area contributed by atoms with Gasteiger partial charge in [0, 0.05) is 13.1 Å². The van der Waals surface area contributed by atoms with Crippen molar-refractivity contribution in [1.29, 1.82) is 0 Å². The summed E-state index contributed by atoms with van der Waals surface area (Å²) in [5, 5.41) is 0. The Balaban J connectivity index is 2.09. The molecule has 6 heteroatoms. The van der Waals surface area contributed by atoms with Crippen LogP contribution < -0.4 is 0 Å². The van der Waals surface area contributed by atoms with Crippen molar-refractivity contribution in [2.24, 2.45) is 0 Å². The van der Waals surface area contributed by atoms with E-state index in [1.165, 1.54) is 11.3 Å². The first kappa shape index (κ1) is 15.9. The molecule has 1 unspecified atom stereocenters. The van der Waals surface area contributed by atoms with Crippen LogP contribution in [-0.4, -0.2) is 29.7 Å². The van der Waals surface area contributed by atoms with Gasteiger partial charge in [-0.25, -0.2) is 4.79 Å². The van der Waals surface area contributed by atoms with E-state index in [2.05, 4.69) is 0 Å². The Morgan fingerprint density at radius 3 is 2.50 bits per heavy atom. The zero-order chi connectivity index (χ0) is 15.1. The second-order valence-corrected chi connectivity index (χ2v) is 8.32. The molecule has 1 atom stereocenters. The van der Waals surface area contributed by atoms with Crippen molar-refractivity contribution in [2.45, 2.75) is 51.7 Å². The van der Waals surface area contributed by atoms with Crippen LogP contribution in [0.2, 0.25) is 8.67 Å². The van der Waals surface area contributed by atoms with Crippen molar-refractivity contribution in [3.8, 4) is 0 Å². The molecule has 1 heterocycles. The molecule has 1 amide bonds. The van der Waals surface area contributed by atoms with Gasteiger partial charge in [0.05, 0.1) is 8.67 Å². The maximum atomic E-state index is 12.1. The highest BCUT2D eigenvalue weighted by atomic mass is 35.5. The third kappa shape index (κ3) is 3.41. The summed E-state index contributed by atoms with van der Waals surface area (Å²) in [6.45, 7) is 5.60. The zero-order valence-electron chi connectivity index (χ0n) is 12.1. The van der Waals surface area contributed by atoms with Gasteiger partial charge in [-0.05, 0) is 51.2 Å². The van der Waals surface area contributed by atoms with Crippen molar-refractivity contribution < 1.29 is 9.53 Å². The van der Waals surface area contributed by atoms with Gasteiger partial charge in [0.15, 0.2) is 0 Å². The minimum absolute atomic E-state index is 0.112. The summed E-state index contributed by atoms with van der Waals surface area (Å²) in [4.78, 5) is 13.8. The molecule has 0 fully saturated rings. The summed E-state index contributed by atoms with van der Waals surface area (Å²) >= 11 is 13.8. The maximum Gasteiger partial charge on any atom is 0.410 e. The van der Waals surface area contributed by atoms with Gasteiger partial charge < -0.3 is 9.64 Å². The molecule has 1 aliphatic carbocycles. The Kier molecular flexibility index (Phi) is 4.57. The lowest BCUT2D eigenvalue weighted by molar-refractivity contribution is 0.0210. The summed E-state index contributed by atoms with van der Waals surface area (Å²) in [5.41, 5.74) is 1.76. The number of halogens is 2. The van der Waals surface area contributed by atoms with E-state index in [4.69, 9.17) is 27.9 Å². The number of thiophene rings is 1. The number of nitrogens with zero attached hydrogens (tertiary/aromatic N) is 1. The van der Waals surface area contributed by atoms with Gasteiger partial charge >= 0.3 is 6.09 Å². The number of fused-ring (bicyclic) bond motifs is 1. The van der Waals surface area contributed by atoms with Crippen LogP contribution in [0.4, 0.5) is 4.79 Å². The molecule has 0 bridgehead atoms. The minimum Gasteiger partial charge on any atom is -0.444 e. The van der Waals surface area contributed by atoms with Crippen LogP contribution in [0.25, 0.3) is 0 Å². The number of amides is 1. The molecule has 3 nitrogen and oxygen atoms in total. The average Bonchev–Trinajstić information content (AvgIpc) is 2.61. The third-order valence-corrected chi connectivity index (χ3v) is 5.18. The van der Waals surface area contributed by atoms with Crippen molar-refractivity contribution >= 4 is 40.6 Å². The quantitative estimate of drug-likeness (QED) is 0.739. The zero-order valence-corrected chi connectivity index (χ0v) is 14.5. The first-order valence-electron chi connectivity index (χ1n) is 6.60. The number of carbonyl (C=O) groups excluding carboxylic acids is 1. The molecular weight excluding hydrogens is 317 g/mol. The van der Waals surface area contributed by atoms with Crippen molar-refractivity contribution in [2.75, 3.05) is 7.05 Å². The van der Waals surface area contributed by atoms with E-state index in [0.29, 0.717) is 0 Å². The second-order valence-electron chi connectivity index (χ2n) is 6.09. The number of ether oxygens (including phenoxy) is 1. The summed E-state index contributed by atoms with van der Waals surface area (Å²) < 4.78 is 6.93. The molecule has 0 saturated carbocycles. The predicted octanol–water partition coefficient (Wildman–Crippen LogP) is 4.78. The van der Waals surface area contributed by atoms with E-state index in [1.807, 2.05) is 20.8 Å². The Morgan fingerprint density at radius 1 is 1.30 bits per heavy atom. The monoisotopic (exact) mass is 335 g/mol. The molecule has 1 aromatic rings. The standard InChI is InChI=1S/C14H19Cl2NO2S/c1-14(2,3)19-13(18)17(4)8-5-6-9-10(7-8)12(16)20-11(9)15/h8H,5-7H2,1-4H3. The second kappa shape index (κ2) is 5.74. The van der Waals surface area contributed by atoms with Gasteiger partial charge in [-0.15, -0.1) is 11.3 Å². The van der Waals surface area contributed by atoms with E-state index in [0.717, 1.165) is 39.1 Å². The predicted molar refractivity (Wildman–Crippen MR) is 84.1 cm³/mol. The fourth-order valence-corrected chi connectivity index (χ4v) is 4.17. The lowest BCUT2D eigenvalue weighted by atomic mass is 9.91. The molecule has 0 spiro atoms. The van der Waals surface area contributed by atoms with Crippen LogP contribution in [0, 0.1) is 0 Å². The lowest BCUT2D eigenvalue weighted by Crippen LogP contribution is -2.43. The summed E-state index contributed by atoms with van der Waals surface area (Å²) in [6.07, 6.45) is 2.20. The molecule has 20 heavy (non-hydrogen) atoms. The number of hydrogen-bond acceptors (Lipinski definition) is 3. The van der Waals surface area contributed by atoms with E-state index >= 15 is 0 Å². The topological polar surface area (TPSA) is 29.5 Å². The highest BCUT2D eigenvalue weighted by Crippen LogP contribution is 2.41. The Morgan fingerprint density at radius 2 is 1.90 bits per heavy atom. The average molecular weight is 336 g/mol. The van der Waals surface area contributed by atoms with Crippen LogP contribution in [0.5, 0.6) is 0 Å². The van der Waals surface area contributed by atoms with Gasteiger partial charge in [-0.3, -0.25) is 0 Å². The number of rotatable bonds is 1. The van der Waals surface area contributed by atoms with E-state index in [-0.39, 0.29) is 12.1 Å². The Hall–Kier alpha value is -0.450. The van der Waals surface area contributed by atoms with E-state index in [9.17, 15) is 4.79 Å². The van der Waals surface area contributed by atoms with Gasteiger partial charge in [0.2, 0.25) is 0 Å². The third-order valence-electron chi connectivity index (χ3n) is 3.41. The summed E-state index contributed by atoms with van der Waals surface area (Å²) in [5.74, 6) is 0. The minimum atomic E-state index is -0.478. The van der Waals surface area contributed by atoms with Crippen LogP contribution in [0.1, 0.15) is 38.3 Å². The Labute approximate surface area is 133 Å². The van der Waals surface area contributed by atoms with Gasteiger partial charge in [0.25, 0.3) is 0 Å². The maximum absolute atomic E-state index is 12.1.